The van der Waals surface area contributed by atoms with E-state index in [1.165, 1.54) is 6.07 Å². The summed E-state index contributed by atoms with van der Waals surface area (Å²) in [4.78, 5) is 0. The van der Waals surface area contributed by atoms with Crippen LogP contribution >= 0.6 is 11.6 Å². The van der Waals surface area contributed by atoms with E-state index < -0.39 is 0 Å². The van der Waals surface area contributed by atoms with E-state index in [9.17, 15) is 5.11 Å². The first kappa shape index (κ1) is 10.3. The first-order valence-corrected chi connectivity index (χ1v) is 3.01. The van der Waals surface area contributed by atoms with Gasteiger partial charge in [-0.3, -0.25) is 0 Å². The fourth-order valence-electron chi connectivity index (χ4n) is 0.613. The van der Waals surface area contributed by atoms with Gasteiger partial charge in [0.1, 0.15) is 0 Å². The molecule has 0 saturated heterocycles. The van der Waals surface area contributed by atoms with Gasteiger partial charge in [-0.1, -0.05) is 23.2 Å². The third-order valence-corrected chi connectivity index (χ3v) is 1.37. The van der Waals surface area contributed by atoms with Crippen molar-refractivity contribution in [1.82, 2.24) is 0 Å². The Morgan fingerprint density at radius 1 is 1.40 bits per heavy atom. The molecule has 10 heavy (non-hydrogen) atoms. The first-order valence-electron chi connectivity index (χ1n) is 2.63. The summed E-state index contributed by atoms with van der Waals surface area (Å²) in [5, 5.41) is 11.3. The minimum atomic E-state index is 0. The maximum absolute atomic E-state index is 10.7. The van der Waals surface area contributed by atoms with Gasteiger partial charge in [-0.15, -0.1) is 5.75 Å². The molecule has 48 valence electrons. The van der Waals surface area contributed by atoms with E-state index in [1.807, 2.05) is 0 Å². The Hall–Kier alpha value is 0.310. The minimum Gasteiger partial charge on any atom is -0.872 e. The molecule has 0 aliphatic carbocycles. The van der Waals surface area contributed by atoms with Gasteiger partial charge >= 0.3 is 29.6 Å². The van der Waals surface area contributed by atoms with Crippen LogP contribution in [-0.2, 0) is 0 Å². The number of halogens is 1. The van der Waals surface area contributed by atoms with Crippen LogP contribution in [0, 0.1) is 6.92 Å². The van der Waals surface area contributed by atoms with E-state index in [0.717, 1.165) is 0 Å². The molecule has 0 heterocycles. The number of benzene rings is 1. The third kappa shape index (κ3) is 2.51. The fraction of sp³-hybridized carbons (Fsp3) is 0.143. The van der Waals surface area contributed by atoms with Gasteiger partial charge in [0.05, 0.1) is 0 Å². The van der Waals surface area contributed by atoms with Crippen molar-refractivity contribution >= 4 is 11.6 Å². The van der Waals surface area contributed by atoms with Crippen molar-refractivity contribution in [2.45, 2.75) is 6.92 Å². The second-order valence-corrected chi connectivity index (χ2v) is 2.35. The second-order valence-electron chi connectivity index (χ2n) is 1.91. The molecular formula is C7H6ClNaO. The van der Waals surface area contributed by atoms with E-state index in [1.54, 1.807) is 19.1 Å². The average molecular weight is 165 g/mol. The summed E-state index contributed by atoms with van der Waals surface area (Å²) in [5.41, 5.74) is 0.697. The molecule has 0 bridgehead atoms. The summed E-state index contributed by atoms with van der Waals surface area (Å²) < 4.78 is 0. The third-order valence-electron chi connectivity index (χ3n) is 1.14. The van der Waals surface area contributed by atoms with Crippen LogP contribution < -0.4 is 34.7 Å². The van der Waals surface area contributed by atoms with E-state index in [0.29, 0.717) is 10.6 Å². The Bertz CT molecular complexity index is 225. The summed E-state index contributed by atoms with van der Waals surface area (Å²) in [5.74, 6) is 0.0411. The second kappa shape index (κ2) is 4.24. The Balaban J connectivity index is 0.000000810. The van der Waals surface area contributed by atoms with Crippen LogP contribution in [0.25, 0.3) is 0 Å². The molecule has 0 aliphatic rings. The first-order chi connectivity index (χ1) is 4.20. The summed E-state index contributed by atoms with van der Waals surface area (Å²) in [6, 6.07) is 4.72. The summed E-state index contributed by atoms with van der Waals surface area (Å²) in [7, 11) is 0. The Morgan fingerprint density at radius 3 is 2.40 bits per heavy atom. The summed E-state index contributed by atoms with van der Waals surface area (Å²) in [6.45, 7) is 1.74. The predicted octanol–water partition coefficient (Wildman–Crippen LogP) is -1.27. The van der Waals surface area contributed by atoms with Crippen LogP contribution in [0.2, 0.25) is 5.02 Å². The fourth-order valence-corrected chi connectivity index (χ4v) is 0.839. The number of hydrogen-bond acceptors (Lipinski definition) is 1. The topological polar surface area (TPSA) is 23.1 Å². The molecule has 0 amide bonds. The zero-order valence-corrected chi connectivity index (χ0v) is 8.77. The maximum atomic E-state index is 10.7. The number of aryl methyl sites for hydroxylation is 1. The van der Waals surface area contributed by atoms with Crippen LogP contribution in [0.15, 0.2) is 18.2 Å². The Morgan fingerprint density at radius 2 is 2.00 bits per heavy atom. The van der Waals surface area contributed by atoms with Gasteiger partial charge < -0.3 is 5.11 Å². The van der Waals surface area contributed by atoms with Crippen LogP contribution in [0.1, 0.15) is 5.56 Å². The van der Waals surface area contributed by atoms with Gasteiger partial charge in [-0.2, -0.15) is 0 Å². The van der Waals surface area contributed by atoms with Crippen LogP contribution in [0.4, 0.5) is 0 Å². The van der Waals surface area contributed by atoms with Gasteiger partial charge in [0.25, 0.3) is 0 Å². The molecule has 0 aromatic heterocycles. The zero-order valence-electron chi connectivity index (χ0n) is 6.02. The SMILES string of the molecule is Cc1cc(Cl)ccc1[O-].[Na+]. The number of hydrogen-bond donors (Lipinski definition) is 0. The molecule has 1 aromatic rings. The molecule has 0 saturated carbocycles. The number of rotatable bonds is 0. The van der Waals surface area contributed by atoms with Crippen molar-refractivity contribution in [1.29, 1.82) is 0 Å². The van der Waals surface area contributed by atoms with Crippen molar-refractivity contribution in [3.63, 3.8) is 0 Å². The minimum absolute atomic E-state index is 0. The maximum Gasteiger partial charge on any atom is 1.00 e. The quantitative estimate of drug-likeness (QED) is 0.439. The molecular weight excluding hydrogens is 159 g/mol. The van der Waals surface area contributed by atoms with Gasteiger partial charge in [-0.25, -0.2) is 0 Å². The van der Waals surface area contributed by atoms with Gasteiger partial charge in [0, 0.05) is 5.02 Å². The van der Waals surface area contributed by atoms with E-state index in [-0.39, 0.29) is 35.3 Å². The largest absolute Gasteiger partial charge is 1.00 e. The molecule has 0 aliphatic heterocycles. The van der Waals surface area contributed by atoms with Gasteiger partial charge in [0.15, 0.2) is 0 Å². The Kier molecular flexibility index (Phi) is 4.37. The molecule has 1 aromatic carbocycles. The molecule has 1 rings (SSSR count). The molecule has 1 nitrogen and oxygen atoms in total. The zero-order chi connectivity index (χ0) is 6.85. The van der Waals surface area contributed by atoms with Crippen molar-refractivity contribution in [3.05, 3.63) is 28.8 Å². The van der Waals surface area contributed by atoms with E-state index in [2.05, 4.69) is 0 Å². The van der Waals surface area contributed by atoms with Gasteiger partial charge in [0.2, 0.25) is 0 Å². The van der Waals surface area contributed by atoms with E-state index >= 15 is 0 Å². The smallest absolute Gasteiger partial charge is 0.872 e. The molecule has 0 spiro atoms. The molecule has 3 heteroatoms. The van der Waals surface area contributed by atoms with Crippen LogP contribution in [-0.4, -0.2) is 0 Å². The molecule has 0 radical (unpaired) electrons. The molecule has 0 N–H and O–H groups in total. The average Bonchev–Trinajstić information content (AvgIpc) is 1.80. The van der Waals surface area contributed by atoms with Crippen molar-refractivity contribution < 1.29 is 34.7 Å². The summed E-state index contributed by atoms with van der Waals surface area (Å²) in [6.07, 6.45) is 0. The molecule has 0 atom stereocenters. The van der Waals surface area contributed by atoms with Crippen molar-refractivity contribution in [2.75, 3.05) is 0 Å². The van der Waals surface area contributed by atoms with Crippen molar-refractivity contribution in [3.8, 4) is 5.75 Å². The molecule has 0 unspecified atom stereocenters. The summed E-state index contributed by atoms with van der Waals surface area (Å²) >= 11 is 5.58. The van der Waals surface area contributed by atoms with Crippen LogP contribution in [0.3, 0.4) is 0 Å². The normalized spacial score (nSPS) is 8.60. The monoisotopic (exact) mass is 164 g/mol. The van der Waals surface area contributed by atoms with Gasteiger partial charge in [-0.05, 0) is 19.1 Å². The predicted molar refractivity (Wildman–Crippen MR) is 35.6 cm³/mol. The van der Waals surface area contributed by atoms with Crippen LogP contribution in [0.5, 0.6) is 5.75 Å². The Labute approximate surface area is 87.3 Å². The molecule has 0 fully saturated rings. The van der Waals surface area contributed by atoms with E-state index in [4.69, 9.17) is 11.6 Å². The standard InChI is InChI=1S/C7H7ClO.Na/c1-5-4-6(8)2-3-7(5)9;/h2-4,9H,1H3;/q;+1/p-1. The van der Waals surface area contributed by atoms with Crippen molar-refractivity contribution in [2.24, 2.45) is 0 Å².